The third-order valence-electron chi connectivity index (χ3n) is 5.07. The SMILES string of the molecule is Cc1ccc2c(c1)C(=O)C1(O)CCN(c3ccc4occc4c3)C1=N2. The van der Waals surface area contributed by atoms with E-state index in [0.29, 0.717) is 30.1 Å². The molecule has 1 N–H and O–H groups in total. The molecule has 1 aromatic heterocycles. The zero-order valence-corrected chi connectivity index (χ0v) is 13.7. The number of carbonyl (C=O) groups is 1. The number of rotatable bonds is 1. The number of amidine groups is 1. The van der Waals surface area contributed by atoms with Gasteiger partial charge in [0, 0.05) is 29.6 Å². The van der Waals surface area contributed by atoms with Crippen molar-refractivity contribution in [2.24, 2.45) is 4.99 Å². The summed E-state index contributed by atoms with van der Waals surface area (Å²) in [4.78, 5) is 19.5. The van der Waals surface area contributed by atoms with E-state index in [0.717, 1.165) is 22.2 Å². The number of aliphatic hydroxyl groups is 1. The fourth-order valence-electron chi connectivity index (χ4n) is 3.72. The molecule has 3 heterocycles. The number of hydrogen-bond donors (Lipinski definition) is 1. The van der Waals surface area contributed by atoms with Gasteiger partial charge in [-0.05, 0) is 43.3 Å². The smallest absolute Gasteiger partial charge is 0.204 e. The average molecular weight is 332 g/mol. The first-order valence-electron chi connectivity index (χ1n) is 8.28. The number of nitrogens with zero attached hydrogens (tertiary/aromatic N) is 2. The Balaban J connectivity index is 1.67. The molecule has 1 atom stereocenters. The molecule has 124 valence electrons. The van der Waals surface area contributed by atoms with Gasteiger partial charge in [-0.15, -0.1) is 0 Å². The fourth-order valence-corrected chi connectivity index (χ4v) is 3.72. The molecular formula is C20H16N2O3. The Morgan fingerprint density at radius 3 is 2.96 bits per heavy atom. The van der Waals surface area contributed by atoms with Crippen LogP contribution in [0.3, 0.4) is 0 Å². The molecule has 25 heavy (non-hydrogen) atoms. The fraction of sp³-hybridized carbons (Fsp3) is 0.200. The van der Waals surface area contributed by atoms with Crippen LogP contribution in [0.4, 0.5) is 11.4 Å². The van der Waals surface area contributed by atoms with Crippen molar-refractivity contribution >= 4 is 34.0 Å². The predicted octanol–water partition coefficient (Wildman–Crippen LogP) is 3.61. The first-order valence-corrected chi connectivity index (χ1v) is 8.28. The summed E-state index contributed by atoms with van der Waals surface area (Å²) in [6, 6.07) is 13.3. The number of aryl methyl sites for hydroxylation is 1. The average Bonchev–Trinajstić information content (AvgIpc) is 3.20. The van der Waals surface area contributed by atoms with Gasteiger partial charge in [0.15, 0.2) is 5.60 Å². The summed E-state index contributed by atoms with van der Waals surface area (Å²) >= 11 is 0. The topological polar surface area (TPSA) is 66.0 Å². The van der Waals surface area contributed by atoms with E-state index in [-0.39, 0.29) is 5.78 Å². The first kappa shape index (κ1) is 14.4. The Labute approximate surface area is 144 Å². The van der Waals surface area contributed by atoms with E-state index >= 15 is 0 Å². The molecule has 1 unspecified atom stereocenters. The van der Waals surface area contributed by atoms with E-state index in [9.17, 15) is 9.90 Å². The van der Waals surface area contributed by atoms with Gasteiger partial charge in [-0.2, -0.15) is 0 Å². The Kier molecular flexibility index (Phi) is 2.77. The van der Waals surface area contributed by atoms with Gasteiger partial charge in [-0.25, -0.2) is 4.99 Å². The van der Waals surface area contributed by atoms with Gasteiger partial charge in [-0.3, -0.25) is 4.79 Å². The van der Waals surface area contributed by atoms with Crippen molar-refractivity contribution in [3.8, 4) is 0 Å². The molecule has 0 saturated carbocycles. The van der Waals surface area contributed by atoms with Gasteiger partial charge in [0.25, 0.3) is 0 Å². The lowest BCUT2D eigenvalue weighted by Gasteiger charge is -2.29. The van der Waals surface area contributed by atoms with Crippen molar-refractivity contribution in [2.75, 3.05) is 11.4 Å². The van der Waals surface area contributed by atoms with Crippen LogP contribution in [0.2, 0.25) is 0 Å². The van der Waals surface area contributed by atoms with Crippen LogP contribution in [0.25, 0.3) is 11.0 Å². The van der Waals surface area contributed by atoms with E-state index in [4.69, 9.17) is 4.42 Å². The van der Waals surface area contributed by atoms with Crippen LogP contribution in [0, 0.1) is 6.92 Å². The highest BCUT2D eigenvalue weighted by Gasteiger charge is 2.52. The quantitative estimate of drug-likeness (QED) is 0.739. The molecule has 0 amide bonds. The minimum Gasteiger partial charge on any atom is -0.464 e. The highest BCUT2D eigenvalue weighted by molar-refractivity contribution is 6.28. The number of hydrogen-bond acceptors (Lipinski definition) is 5. The maximum Gasteiger partial charge on any atom is 0.204 e. The number of benzene rings is 2. The number of anilines is 1. The molecule has 5 nitrogen and oxygen atoms in total. The van der Waals surface area contributed by atoms with Crippen LogP contribution in [0.1, 0.15) is 22.3 Å². The molecule has 2 aliphatic heterocycles. The molecule has 0 spiro atoms. The molecule has 1 fully saturated rings. The molecule has 0 bridgehead atoms. The minimum atomic E-state index is -1.55. The second-order valence-electron chi connectivity index (χ2n) is 6.69. The monoisotopic (exact) mass is 332 g/mol. The van der Waals surface area contributed by atoms with Gasteiger partial charge in [-0.1, -0.05) is 11.6 Å². The van der Waals surface area contributed by atoms with Crippen molar-refractivity contribution in [3.63, 3.8) is 0 Å². The van der Waals surface area contributed by atoms with Crippen LogP contribution in [0.15, 0.2) is 58.1 Å². The largest absolute Gasteiger partial charge is 0.464 e. The summed E-state index contributed by atoms with van der Waals surface area (Å²) in [5.41, 5.74) is 2.25. The highest BCUT2D eigenvalue weighted by atomic mass is 16.3. The second-order valence-corrected chi connectivity index (χ2v) is 6.69. The van der Waals surface area contributed by atoms with Crippen LogP contribution in [-0.4, -0.2) is 28.9 Å². The maximum atomic E-state index is 12.9. The van der Waals surface area contributed by atoms with Gasteiger partial charge in [0.05, 0.1) is 12.0 Å². The molecular weight excluding hydrogens is 316 g/mol. The number of ketones is 1. The lowest BCUT2D eigenvalue weighted by atomic mass is 9.87. The van der Waals surface area contributed by atoms with E-state index in [2.05, 4.69) is 4.99 Å². The van der Waals surface area contributed by atoms with Crippen LogP contribution in [0.5, 0.6) is 0 Å². The molecule has 3 aromatic rings. The predicted molar refractivity (Wildman–Crippen MR) is 95.7 cm³/mol. The Morgan fingerprint density at radius 1 is 1.20 bits per heavy atom. The molecule has 5 heteroatoms. The summed E-state index contributed by atoms with van der Waals surface area (Å²) in [5.74, 6) is 0.153. The summed E-state index contributed by atoms with van der Waals surface area (Å²) in [7, 11) is 0. The summed E-state index contributed by atoms with van der Waals surface area (Å²) in [6.07, 6.45) is 1.98. The van der Waals surface area contributed by atoms with Gasteiger partial charge in [0.2, 0.25) is 5.78 Å². The lowest BCUT2D eigenvalue weighted by molar-refractivity contribution is 0.0602. The van der Waals surface area contributed by atoms with Crippen molar-refractivity contribution in [2.45, 2.75) is 18.9 Å². The van der Waals surface area contributed by atoms with Crippen molar-refractivity contribution in [1.29, 1.82) is 0 Å². The molecule has 0 radical (unpaired) electrons. The summed E-state index contributed by atoms with van der Waals surface area (Å²) < 4.78 is 5.38. The van der Waals surface area contributed by atoms with Crippen LogP contribution < -0.4 is 4.90 Å². The molecule has 2 aromatic carbocycles. The first-order chi connectivity index (χ1) is 12.1. The highest BCUT2D eigenvalue weighted by Crippen LogP contribution is 2.40. The number of Topliss-reactive ketones (excluding diaryl/α,β-unsaturated/α-hetero) is 1. The van der Waals surface area contributed by atoms with Gasteiger partial charge in [0.1, 0.15) is 11.4 Å². The maximum absolute atomic E-state index is 12.9. The number of carbonyl (C=O) groups excluding carboxylic acids is 1. The molecule has 5 rings (SSSR count). The molecule has 1 saturated heterocycles. The number of aliphatic imine (C=N–C) groups is 1. The van der Waals surface area contributed by atoms with Gasteiger partial charge < -0.3 is 14.4 Å². The van der Waals surface area contributed by atoms with Crippen molar-refractivity contribution in [3.05, 3.63) is 59.9 Å². The van der Waals surface area contributed by atoms with Crippen LogP contribution in [-0.2, 0) is 0 Å². The van der Waals surface area contributed by atoms with E-state index in [1.165, 1.54) is 0 Å². The molecule has 0 aliphatic carbocycles. The number of fused-ring (bicyclic) bond motifs is 3. The number of furan rings is 1. The Morgan fingerprint density at radius 2 is 2.08 bits per heavy atom. The zero-order valence-electron chi connectivity index (χ0n) is 13.7. The van der Waals surface area contributed by atoms with Gasteiger partial charge >= 0.3 is 0 Å². The normalized spacial score (nSPS) is 22.1. The third kappa shape index (κ3) is 1.93. The Bertz CT molecular complexity index is 1070. The van der Waals surface area contributed by atoms with E-state index in [1.807, 2.05) is 48.2 Å². The molecule has 2 aliphatic rings. The third-order valence-corrected chi connectivity index (χ3v) is 5.07. The lowest BCUT2D eigenvalue weighted by Crippen LogP contribution is -2.48. The minimum absolute atomic E-state index is 0.261. The van der Waals surface area contributed by atoms with Crippen molar-refractivity contribution in [1.82, 2.24) is 0 Å². The van der Waals surface area contributed by atoms with E-state index < -0.39 is 5.60 Å². The summed E-state index contributed by atoms with van der Waals surface area (Å²) in [6.45, 7) is 2.47. The summed E-state index contributed by atoms with van der Waals surface area (Å²) in [5, 5.41) is 12.1. The van der Waals surface area contributed by atoms with Crippen LogP contribution >= 0.6 is 0 Å². The van der Waals surface area contributed by atoms with Crippen molar-refractivity contribution < 1.29 is 14.3 Å². The van der Waals surface area contributed by atoms with E-state index in [1.54, 1.807) is 12.3 Å². The zero-order chi connectivity index (χ0) is 17.2. The standard InChI is InChI=1S/C20H16N2O3/c1-12-2-4-16-15(10-12)18(23)20(24)7-8-22(19(20)21-16)14-3-5-17-13(11-14)6-9-25-17/h2-6,9-11,24H,7-8H2,1H3. The second kappa shape index (κ2) is 4.80. The Hall–Kier alpha value is -2.92.